The quantitative estimate of drug-likeness (QED) is 0.690. The third kappa shape index (κ3) is 4.58. The lowest BCUT2D eigenvalue weighted by Gasteiger charge is -2.09. The minimum absolute atomic E-state index is 0.444. The Bertz CT molecular complexity index is 854. The molecule has 0 unspecified atom stereocenters. The van der Waals surface area contributed by atoms with Gasteiger partial charge in [0.25, 0.3) is 0 Å². The van der Waals surface area contributed by atoms with Crippen LogP contribution in [0.3, 0.4) is 0 Å². The van der Waals surface area contributed by atoms with Gasteiger partial charge in [-0.15, -0.1) is 5.10 Å². The smallest absolute Gasteiger partial charge is 0.244 e. The highest BCUT2D eigenvalue weighted by atomic mass is 35.5. The molecule has 0 radical (unpaired) electrons. The van der Waals surface area contributed by atoms with Gasteiger partial charge in [-0.05, 0) is 42.3 Å². The molecule has 3 rings (SSSR count). The molecule has 0 spiro atoms. The summed E-state index contributed by atoms with van der Waals surface area (Å²) >= 11 is 6.14. The average Bonchev–Trinajstić information content (AvgIpc) is 2.64. The number of aryl methyl sites for hydroxylation is 1. The van der Waals surface area contributed by atoms with Gasteiger partial charge in [-0.3, -0.25) is 0 Å². The van der Waals surface area contributed by atoms with Gasteiger partial charge in [0, 0.05) is 17.3 Å². The van der Waals surface area contributed by atoms with Crippen LogP contribution in [0.15, 0.2) is 48.7 Å². The van der Waals surface area contributed by atoms with Crippen LogP contribution in [-0.2, 0) is 6.54 Å². The first-order chi connectivity index (χ1) is 12.1. The minimum Gasteiger partial charge on any atom is -0.497 e. The van der Waals surface area contributed by atoms with Gasteiger partial charge in [-0.1, -0.05) is 29.8 Å². The fourth-order valence-electron chi connectivity index (χ4n) is 2.18. The highest BCUT2D eigenvalue weighted by Gasteiger charge is 2.03. The summed E-state index contributed by atoms with van der Waals surface area (Å²) in [4.78, 5) is 4.41. The molecule has 1 aromatic heterocycles. The van der Waals surface area contributed by atoms with Crippen LogP contribution in [0.5, 0.6) is 5.75 Å². The molecule has 2 aromatic carbocycles. The zero-order valence-electron chi connectivity index (χ0n) is 14.0. The van der Waals surface area contributed by atoms with Crippen molar-refractivity contribution >= 4 is 29.1 Å². The van der Waals surface area contributed by atoms with Crippen molar-refractivity contribution in [2.45, 2.75) is 13.5 Å². The number of aromatic nitrogens is 3. The van der Waals surface area contributed by atoms with Crippen LogP contribution in [0.25, 0.3) is 0 Å². The first-order valence-corrected chi connectivity index (χ1v) is 8.11. The maximum Gasteiger partial charge on any atom is 0.244 e. The number of halogens is 1. The van der Waals surface area contributed by atoms with Gasteiger partial charge in [-0.2, -0.15) is 10.1 Å². The van der Waals surface area contributed by atoms with Crippen molar-refractivity contribution < 1.29 is 4.74 Å². The maximum atomic E-state index is 6.14. The number of benzene rings is 2. The Morgan fingerprint density at radius 1 is 1.12 bits per heavy atom. The fourth-order valence-corrected chi connectivity index (χ4v) is 2.36. The summed E-state index contributed by atoms with van der Waals surface area (Å²) in [6.07, 6.45) is 1.56. The summed E-state index contributed by atoms with van der Waals surface area (Å²) in [7, 11) is 1.65. The van der Waals surface area contributed by atoms with E-state index in [-0.39, 0.29) is 0 Å². The molecule has 0 amide bonds. The van der Waals surface area contributed by atoms with Gasteiger partial charge in [-0.25, -0.2) is 0 Å². The van der Waals surface area contributed by atoms with E-state index in [0.717, 1.165) is 22.6 Å². The number of anilines is 3. The Kier molecular flexibility index (Phi) is 5.30. The molecule has 3 aromatic rings. The molecule has 2 N–H and O–H groups in total. The van der Waals surface area contributed by atoms with E-state index in [1.54, 1.807) is 13.3 Å². The lowest BCUT2D eigenvalue weighted by Crippen LogP contribution is -2.06. The van der Waals surface area contributed by atoms with Crippen molar-refractivity contribution in [3.63, 3.8) is 0 Å². The van der Waals surface area contributed by atoms with Crippen LogP contribution >= 0.6 is 11.6 Å². The number of methoxy groups -OCH3 is 1. The molecule has 1 heterocycles. The van der Waals surface area contributed by atoms with E-state index in [1.807, 2.05) is 49.4 Å². The monoisotopic (exact) mass is 355 g/mol. The standard InChI is InChI=1S/C18H18ClN5O/c1-12-3-6-14(9-16(12)19)22-17-11-21-24-18(23-17)20-10-13-4-7-15(25-2)8-5-13/h3-9,11H,10H2,1-2H3,(H2,20,22,23,24). The number of ether oxygens (including phenoxy) is 1. The predicted octanol–water partition coefficient (Wildman–Crippen LogP) is 4.20. The van der Waals surface area contributed by atoms with Crippen LogP contribution in [0.1, 0.15) is 11.1 Å². The van der Waals surface area contributed by atoms with E-state index in [1.165, 1.54) is 0 Å². The van der Waals surface area contributed by atoms with Crippen molar-refractivity contribution in [1.82, 2.24) is 15.2 Å². The zero-order chi connectivity index (χ0) is 17.6. The molecule has 0 aliphatic carbocycles. The van der Waals surface area contributed by atoms with E-state index >= 15 is 0 Å². The molecular formula is C18H18ClN5O. The van der Waals surface area contributed by atoms with Crippen molar-refractivity contribution in [2.24, 2.45) is 0 Å². The van der Waals surface area contributed by atoms with Crippen LogP contribution < -0.4 is 15.4 Å². The van der Waals surface area contributed by atoms with Crippen LogP contribution in [-0.4, -0.2) is 22.3 Å². The number of rotatable bonds is 6. The maximum absolute atomic E-state index is 6.14. The van der Waals surface area contributed by atoms with E-state index in [9.17, 15) is 0 Å². The summed E-state index contributed by atoms with van der Waals surface area (Å²) in [6.45, 7) is 2.55. The first-order valence-electron chi connectivity index (χ1n) is 7.74. The van der Waals surface area contributed by atoms with Gasteiger partial charge in [0.15, 0.2) is 5.82 Å². The SMILES string of the molecule is COc1ccc(CNc2nncc(Nc3ccc(C)c(Cl)c3)n2)cc1. The van der Waals surface area contributed by atoms with Gasteiger partial charge in [0.1, 0.15) is 5.75 Å². The molecule has 0 aliphatic heterocycles. The molecule has 0 saturated heterocycles. The summed E-state index contributed by atoms with van der Waals surface area (Å²) in [5, 5.41) is 15.0. The van der Waals surface area contributed by atoms with Crippen LogP contribution in [0.2, 0.25) is 5.02 Å². The van der Waals surface area contributed by atoms with Crippen LogP contribution in [0.4, 0.5) is 17.5 Å². The second-order valence-electron chi connectivity index (χ2n) is 5.46. The largest absolute Gasteiger partial charge is 0.497 e. The topological polar surface area (TPSA) is 72.0 Å². The molecule has 0 atom stereocenters. The lowest BCUT2D eigenvalue weighted by molar-refractivity contribution is 0.414. The normalized spacial score (nSPS) is 10.4. The molecular weight excluding hydrogens is 338 g/mol. The summed E-state index contributed by atoms with van der Waals surface area (Å²) in [5.41, 5.74) is 2.96. The summed E-state index contributed by atoms with van der Waals surface area (Å²) in [6, 6.07) is 13.5. The van der Waals surface area contributed by atoms with Crippen molar-refractivity contribution in [3.05, 3.63) is 64.8 Å². The fraction of sp³-hybridized carbons (Fsp3) is 0.167. The Balaban J connectivity index is 1.65. The Labute approximate surface area is 151 Å². The number of hydrogen-bond acceptors (Lipinski definition) is 6. The van der Waals surface area contributed by atoms with Gasteiger partial charge < -0.3 is 15.4 Å². The van der Waals surface area contributed by atoms with Gasteiger partial charge in [0.2, 0.25) is 5.95 Å². The molecule has 25 heavy (non-hydrogen) atoms. The Morgan fingerprint density at radius 3 is 2.64 bits per heavy atom. The zero-order valence-corrected chi connectivity index (χ0v) is 14.7. The lowest BCUT2D eigenvalue weighted by atomic mass is 10.2. The molecule has 6 nitrogen and oxygen atoms in total. The van der Waals surface area contributed by atoms with E-state index < -0.39 is 0 Å². The van der Waals surface area contributed by atoms with Crippen molar-refractivity contribution in [2.75, 3.05) is 17.7 Å². The molecule has 7 heteroatoms. The molecule has 128 valence electrons. The number of hydrogen-bond donors (Lipinski definition) is 2. The minimum atomic E-state index is 0.444. The second kappa shape index (κ2) is 7.81. The van der Waals surface area contributed by atoms with Gasteiger partial charge >= 0.3 is 0 Å². The Hall–Kier alpha value is -2.86. The van der Waals surface area contributed by atoms with Crippen LogP contribution in [0, 0.1) is 6.92 Å². The van der Waals surface area contributed by atoms with E-state index in [4.69, 9.17) is 16.3 Å². The Morgan fingerprint density at radius 2 is 1.92 bits per heavy atom. The highest BCUT2D eigenvalue weighted by molar-refractivity contribution is 6.31. The number of nitrogens with zero attached hydrogens (tertiary/aromatic N) is 3. The molecule has 0 bridgehead atoms. The molecule has 0 saturated carbocycles. The van der Waals surface area contributed by atoms with E-state index in [0.29, 0.717) is 23.3 Å². The van der Waals surface area contributed by atoms with Crippen molar-refractivity contribution in [3.8, 4) is 5.75 Å². The highest BCUT2D eigenvalue weighted by Crippen LogP contribution is 2.22. The second-order valence-corrected chi connectivity index (χ2v) is 5.86. The van der Waals surface area contributed by atoms with Crippen molar-refractivity contribution in [1.29, 1.82) is 0 Å². The average molecular weight is 356 g/mol. The first kappa shape index (κ1) is 17.0. The number of nitrogens with one attached hydrogen (secondary N) is 2. The molecule has 0 aliphatic rings. The predicted molar refractivity (Wildman–Crippen MR) is 99.6 cm³/mol. The molecule has 0 fully saturated rings. The summed E-state index contributed by atoms with van der Waals surface area (Å²) < 4.78 is 5.15. The van der Waals surface area contributed by atoms with Gasteiger partial charge in [0.05, 0.1) is 13.3 Å². The van der Waals surface area contributed by atoms with E-state index in [2.05, 4.69) is 25.8 Å². The third-order valence-corrected chi connectivity index (χ3v) is 4.02. The third-order valence-electron chi connectivity index (χ3n) is 3.61. The summed E-state index contributed by atoms with van der Waals surface area (Å²) in [5.74, 6) is 1.86.